The maximum Gasteiger partial charge on any atom is 0.334 e. The second-order valence-corrected chi connectivity index (χ2v) is 2.34. The van der Waals surface area contributed by atoms with Crippen LogP contribution in [-0.4, -0.2) is 29.6 Å². The van der Waals surface area contributed by atoms with Crippen LogP contribution in [0, 0.1) is 0 Å². The Bertz CT molecular complexity index is 136. The molecule has 0 aliphatic heterocycles. The Kier molecular flexibility index (Phi) is 9.34. The summed E-state index contributed by atoms with van der Waals surface area (Å²) in [6.45, 7) is 6.45. The largest absolute Gasteiger partial charge is 0.464 e. The monoisotopic (exact) mass is 176 g/mol. The maximum absolute atomic E-state index is 10.3. The fourth-order valence-corrected chi connectivity index (χ4v) is 0.263. The fourth-order valence-electron chi connectivity index (χ4n) is 0.263. The minimum absolute atomic E-state index is 0.167. The van der Waals surface area contributed by atoms with Gasteiger partial charge in [-0.25, -0.2) is 4.79 Å². The Balaban J connectivity index is 0. The first kappa shape index (κ1) is 13.7. The van der Waals surface area contributed by atoms with E-state index in [1.807, 2.05) is 0 Å². The molecular weight excluding hydrogens is 160 g/mol. The van der Waals surface area contributed by atoms with Crippen molar-refractivity contribution in [1.29, 1.82) is 0 Å². The summed E-state index contributed by atoms with van der Waals surface area (Å²) in [6.07, 6.45) is -0.991. The van der Waals surface area contributed by atoms with E-state index in [0.29, 0.717) is 6.61 Å². The second kappa shape index (κ2) is 8.20. The Hall–Kier alpha value is -0.900. The van der Waals surface area contributed by atoms with Crippen molar-refractivity contribution in [2.24, 2.45) is 0 Å². The van der Waals surface area contributed by atoms with E-state index in [9.17, 15) is 9.59 Å². The zero-order valence-corrected chi connectivity index (χ0v) is 7.96. The number of hydrogen-bond donors (Lipinski definition) is 1. The van der Waals surface area contributed by atoms with Crippen molar-refractivity contribution in [2.45, 2.75) is 33.8 Å². The van der Waals surface area contributed by atoms with Crippen LogP contribution in [0.5, 0.6) is 0 Å². The number of hydrogen-bond acceptors (Lipinski definition) is 4. The summed E-state index contributed by atoms with van der Waals surface area (Å²) in [4.78, 5) is 19.7. The van der Waals surface area contributed by atoms with Gasteiger partial charge in [-0.3, -0.25) is 0 Å². The number of esters is 1. The van der Waals surface area contributed by atoms with Crippen molar-refractivity contribution >= 4 is 11.8 Å². The maximum atomic E-state index is 10.3. The number of ketones is 1. The lowest BCUT2D eigenvalue weighted by molar-refractivity contribution is -0.151. The lowest BCUT2D eigenvalue weighted by Gasteiger charge is -2.01. The van der Waals surface area contributed by atoms with Crippen LogP contribution in [0.2, 0.25) is 0 Å². The molecule has 0 fully saturated rings. The van der Waals surface area contributed by atoms with E-state index in [1.54, 1.807) is 6.92 Å². The molecule has 0 heterocycles. The summed E-state index contributed by atoms with van der Waals surface area (Å²) in [6, 6.07) is 0. The van der Waals surface area contributed by atoms with Crippen molar-refractivity contribution in [3.63, 3.8) is 0 Å². The first-order chi connectivity index (χ1) is 5.41. The molecule has 1 atom stereocenters. The molecule has 4 heteroatoms. The Morgan fingerprint density at radius 3 is 1.83 bits per heavy atom. The van der Waals surface area contributed by atoms with Crippen LogP contribution in [-0.2, 0) is 14.3 Å². The highest BCUT2D eigenvalue weighted by Gasteiger charge is 2.07. The SMILES string of the molecule is CC(C)=O.CCOC(=O)C(C)O. The van der Waals surface area contributed by atoms with E-state index in [0.717, 1.165) is 0 Å². The molecule has 0 bridgehead atoms. The molecule has 0 amide bonds. The van der Waals surface area contributed by atoms with Gasteiger partial charge >= 0.3 is 5.97 Å². The van der Waals surface area contributed by atoms with Crippen LogP contribution in [0.4, 0.5) is 0 Å². The third-order valence-corrected chi connectivity index (χ3v) is 0.628. The number of Topliss-reactive ketones (excluding diaryl/α,β-unsaturated/α-hetero) is 1. The molecule has 0 aromatic carbocycles. The highest BCUT2D eigenvalue weighted by molar-refractivity contribution is 5.73. The number of carbonyl (C=O) groups is 2. The third-order valence-electron chi connectivity index (χ3n) is 0.628. The normalized spacial score (nSPS) is 10.8. The molecule has 1 N–H and O–H groups in total. The van der Waals surface area contributed by atoms with Crippen molar-refractivity contribution in [3.05, 3.63) is 0 Å². The van der Waals surface area contributed by atoms with Gasteiger partial charge in [-0.1, -0.05) is 0 Å². The van der Waals surface area contributed by atoms with Crippen LogP contribution in [0.25, 0.3) is 0 Å². The summed E-state index contributed by atoms with van der Waals surface area (Å²) >= 11 is 0. The van der Waals surface area contributed by atoms with Gasteiger partial charge in [0.1, 0.15) is 11.9 Å². The smallest absolute Gasteiger partial charge is 0.334 e. The van der Waals surface area contributed by atoms with Crippen molar-refractivity contribution in [2.75, 3.05) is 6.61 Å². The number of aliphatic hydroxyl groups excluding tert-OH is 1. The van der Waals surface area contributed by atoms with Crippen LogP contribution in [0.1, 0.15) is 27.7 Å². The average Bonchev–Trinajstić information content (AvgIpc) is 1.86. The zero-order valence-electron chi connectivity index (χ0n) is 7.96. The van der Waals surface area contributed by atoms with E-state index in [2.05, 4.69) is 4.74 Å². The van der Waals surface area contributed by atoms with Gasteiger partial charge in [-0.05, 0) is 27.7 Å². The molecule has 0 radical (unpaired) electrons. The minimum atomic E-state index is -0.991. The Labute approximate surface area is 72.5 Å². The quantitative estimate of drug-likeness (QED) is 0.623. The molecule has 12 heavy (non-hydrogen) atoms. The summed E-state index contributed by atoms with van der Waals surface area (Å²) < 4.78 is 4.41. The topological polar surface area (TPSA) is 63.6 Å². The molecule has 1 unspecified atom stereocenters. The number of ether oxygens (including phenoxy) is 1. The third kappa shape index (κ3) is 16.0. The summed E-state index contributed by atoms with van der Waals surface area (Å²) in [5.41, 5.74) is 0. The molecule has 4 nitrogen and oxygen atoms in total. The summed E-state index contributed by atoms with van der Waals surface area (Å²) in [5.74, 6) is -0.396. The van der Waals surface area contributed by atoms with E-state index < -0.39 is 12.1 Å². The number of aliphatic hydroxyl groups is 1. The van der Waals surface area contributed by atoms with E-state index in [1.165, 1.54) is 20.8 Å². The fraction of sp³-hybridized carbons (Fsp3) is 0.750. The van der Waals surface area contributed by atoms with E-state index in [-0.39, 0.29) is 5.78 Å². The van der Waals surface area contributed by atoms with Gasteiger partial charge < -0.3 is 14.6 Å². The molecular formula is C8H16O4. The lowest BCUT2D eigenvalue weighted by Crippen LogP contribution is -2.18. The van der Waals surface area contributed by atoms with Crippen LogP contribution >= 0.6 is 0 Å². The first-order valence-electron chi connectivity index (χ1n) is 3.73. The molecule has 0 aromatic rings. The average molecular weight is 176 g/mol. The molecule has 0 saturated carbocycles. The van der Waals surface area contributed by atoms with Gasteiger partial charge in [-0.2, -0.15) is 0 Å². The second-order valence-electron chi connectivity index (χ2n) is 2.34. The zero-order chi connectivity index (χ0) is 10.1. The molecule has 0 aliphatic carbocycles. The van der Waals surface area contributed by atoms with Crippen molar-refractivity contribution in [1.82, 2.24) is 0 Å². The molecule has 0 spiro atoms. The lowest BCUT2D eigenvalue weighted by atomic mass is 10.4. The van der Waals surface area contributed by atoms with Gasteiger partial charge in [0.05, 0.1) is 6.61 Å². The van der Waals surface area contributed by atoms with Crippen molar-refractivity contribution in [3.8, 4) is 0 Å². The predicted molar refractivity (Wildman–Crippen MR) is 44.7 cm³/mol. The number of carbonyl (C=O) groups excluding carboxylic acids is 2. The van der Waals surface area contributed by atoms with E-state index >= 15 is 0 Å². The Morgan fingerprint density at radius 2 is 1.75 bits per heavy atom. The van der Waals surface area contributed by atoms with Gasteiger partial charge in [0, 0.05) is 0 Å². The highest BCUT2D eigenvalue weighted by atomic mass is 16.5. The van der Waals surface area contributed by atoms with Crippen LogP contribution in [0.15, 0.2) is 0 Å². The summed E-state index contributed by atoms with van der Waals surface area (Å²) in [5, 5.41) is 8.48. The van der Waals surface area contributed by atoms with Crippen LogP contribution in [0.3, 0.4) is 0 Å². The summed E-state index contributed by atoms with van der Waals surface area (Å²) in [7, 11) is 0. The minimum Gasteiger partial charge on any atom is -0.464 e. The molecule has 0 saturated heterocycles. The van der Waals surface area contributed by atoms with Gasteiger partial charge in [-0.15, -0.1) is 0 Å². The molecule has 72 valence electrons. The molecule has 0 aliphatic rings. The standard InChI is InChI=1S/C5H10O3.C3H6O/c1-3-8-5(7)4(2)6;1-3(2)4/h4,6H,3H2,1-2H3;1-2H3. The number of rotatable bonds is 2. The first-order valence-corrected chi connectivity index (χ1v) is 3.73. The highest BCUT2D eigenvalue weighted by Crippen LogP contribution is 1.84. The van der Waals surface area contributed by atoms with Gasteiger partial charge in [0.2, 0.25) is 0 Å². The van der Waals surface area contributed by atoms with Crippen LogP contribution < -0.4 is 0 Å². The predicted octanol–water partition coefficient (Wildman–Crippen LogP) is 0.526. The van der Waals surface area contributed by atoms with Gasteiger partial charge in [0.25, 0.3) is 0 Å². The molecule has 0 aromatic heterocycles. The Morgan fingerprint density at radius 1 is 1.42 bits per heavy atom. The van der Waals surface area contributed by atoms with E-state index in [4.69, 9.17) is 5.11 Å². The van der Waals surface area contributed by atoms with Gasteiger partial charge in [0.15, 0.2) is 0 Å². The molecule has 0 rings (SSSR count). The van der Waals surface area contributed by atoms with Crippen molar-refractivity contribution < 1.29 is 19.4 Å².